The molecule has 0 aromatic heterocycles. The molecule has 19 heavy (non-hydrogen) atoms. The SMILES string of the molecule is C[Si](C)(c1ccccc1)C1C=CC2C1C(=O)C2(Cl)Cl. The van der Waals surface area contributed by atoms with Crippen molar-refractivity contribution in [2.24, 2.45) is 11.8 Å². The van der Waals surface area contributed by atoms with Gasteiger partial charge >= 0.3 is 0 Å². The van der Waals surface area contributed by atoms with Crippen molar-refractivity contribution in [2.45, 2.75) is 23.0 Å². The van der Waals surface area contributed by atoms with Crippen molar-refractivity contribution in [3.8, 4) is 0 Å². The Labute approximate surface area is 124 Å². The molecule has 3 unspecified atom stereocenters. The van der Waals surface area contributed by atoms with Gasteiger partial charge in [0.15, 0.2) is 10.1 Å². The van der Waals surface area contributed by atoms with Crippen LogP contribution in [0.3, 0.4) is 0 Å². The summed E-state index contributed by atoms with van der Waals surface area (Å²) in [6.45, 7) is 4.63. The van der Waals surface area contributed by atoms with Crippen molar-refractivity contribution >= 4 is 42.2 Å². The lowest BCUT2D eigenvalue weighted by Gasteiger charge is -2.46. The standard InChI is InChI=1S/C15H16Cl2OSi/c1-19(2,10-6-4-3-5-7-10)12-9-8-11-13(12)14(18)15(11,16)17/h3-9,11-13H,1-2H3. The van der Waals surface area contributed by atoms with Crippen molar-refractivity contribution in [1.82, 2.24) is 0 Å². The molecule has 2 aliphatic rings. The number of rotatable bonds is 2. The Kier molecular flexibility index (Phi) is 2.97. The zero-order chi connectivity index (χ0) is 13.8. The van der Waals surface area contributed by atoms with Crippen LogP contribution in [0.25, 0.3) is 0 Å². The maximum atomic E-state index is 12.2. The number of carbonyl (C=O) groups excluding carboxylic acids is 1. The first-order chi connectivity index (χ1) is 8.87. The van der Waals surface area contributed by atoms with E-state index in [2.05, 4.69) is 49.5 Å². The number of carbonyl (C=O) groups is 1. The second-order valence-electron chi connectivity index (χ2n) is 6.04. The fraction of sp³-hybridized carbons (Fsp3) is 0.400. The number of hydrogen-bond acceptors (Lipinski definition) is 1. The Morgan fingerprint density at radius 2 is 1.74 bits per heavy atom. The van der Waals surface area contributed by atoms with Crippen molar-refractivity contribution < 1.29 is 4.79 Å². The predicted octanol–water partition coefficient (Wildman–Crippen LogP) is 3.53. The molecule has 0 N–H and O–H groups in total. The minimum atomic E-state index is -1.73. The van der Waals surface area contributed by atoms with Gasteiger partial charge in [-0.1, -0.05) is 84.0 Å². The third kappa shape index (κ3) is 1.77. The van der Waals surface area contributed by atoms with E-state index in [1.807, 2.05) is 6.07 Å². The van der Waals surface area contributed by atoms with E-state index in [0.717, 1.165) is 0 Å². The van der Waals surface area contributed by atoms with Gasteiger partial charge in [-0.2, -0.15) is 0 Å². The zero-order valence-electron chi connectivity index (χ0n) is 10.9. The van der Waals surface area contributed by atoms with Crippen molar-refractivity contribution in [1.29, 1.82) is 0 Å². The maximum Gasteiger partial charge on any atom is 0.183 e. The van der Waals surface area contributed by atoms with Crippen molar-refractivity contribution in [2.75, 3.05) is 0 Å². The highest BCUT2D eigenvalue weighted by molar-refractivity contribution is 6.91. The number of fused-ring (bicyclic) bond motifs is 1. The number of ketones is 1. The van der Waals surface area contributed by atoms with Gasteiger partial charge in [-0.25, -0.2) is 0 Å². The molecule has 4 heteroatoms. The molecule has 100 valence electrons. The van der Waals surface area contributed by atoms with E-state index in [1.165, 1.54) is 5.19 Å². The van der Waals surface area contributed by atoms with Crippen LogP contribution in [0.5, 0.6) is 0 Å². The van der Waals surface area contributed by atoms with Gasteiger partial charge in [-0.15, -0.1) is 0 Å². The molecule has 1 nitrogen and oxygen atoms in total. The Morgan fingerprint density at radius 3 is 2.37 bits per heavy atom. The molecule has 3 atom stereocenters. The highest BCUT2D eigenvalue weighted by Crippen LogP contribution is 2.59. The van der Waals surface area contributed by atoms with Crippen LogP contribution in [0.1, 0.15) is 0 Å². The first kappa shape index (κ1) is 13.4. The fourth-order valence-corrected chi connectivity index (χ4v) is 7.37. The van der Waals surface area contributed by atoms with Crippen LogP contribution in [0, 0.1) is 11.8 Å². The Bertz CT molecular complexity index is 551. The largest absolute Gasteiger partial charge is 0.296 e. The topological polar surface area (TPSA) is 17.1 Å². The molecule has 1 saturated carbocycles. The van der Waals surface area contributed by atoms with E-state index in [0.29, 0.717) is 5.54 Å². The van der Waals surface area contributed by atoms with Crippen molar-refractivity contribution in [3.05, 3.63) is 42.5 Å². The van der Waals surface area contributed by atoms with Crippen LogP contribution in [0.4, 0.5) is 0 Å². The second kappa shape index (κ2) is 4.21. The highest BCUT2D eigenvalue weighted by atomic mass is 35.5. The molecule has 0 radical (unpaired) electrons. The first-order valence-corrected chi connectivity index (χ1v) is 10.4. The van der Waals surface area contributed by atoms with E-state index >= 15 is 0 Å². The summed E-state index contributed by atoms with van der Waals surface area (Å²) in [4.78, 5) is 12.2. The molecular weight excluding hydrogens is 295 g/mol. The summed E-state index contributed by atoms with van der Waals surface area (Å²) in [7, 11) is -1.73. The molecular formula is C15H16Cl2OSi. The van der Waals surface area contributed by atoms with Gasteiger partial charge in [-0.05, 0) is 5.54 Å². The molecule has 0 spiro atoms. The molecule has 1 fully saturated rings. The quantitative estimate of drug-likeness (QED) is 0.464. The fourth-order valence-electron chi connectivity index (χ4n) is 3.41. The van der Waals surface area contributed by atoms with Gasteiger partial charge in [0.1, 0.15) is 0 Å². The summed E-state index contributed by atoms with van der Waals surface area (Å²) >= 11 is 12.2. The number of alkyl halides is 2. The van der Waals surface area contributed by atoms with Gasteiger partial charge in [0.05, 0.1) is 8.07 Å². The van der Waals surface area contributed by atoms with Crippen LogP contribution in [-0.4, -0.2) is 18.2 Å². The molecule has 1 aromatic carbocycles. The summed E-state index contributed by atoms with van der Waals surface area (Å²) in [6.07, 6.45) is 4.23. The molecule has 0 heterocycles. The van der Waals surface area contributed by atoms with Crippen LogP contribution in [0.15, 0.2) is 42.5 Å². The lowest BCUT2D eigenvalue weighted by atomic mass is 9.73. The molecule has 0 amide bonds. The normalized spacial score (nSPS) is 32.0. The predicted molar refractivity (Wildman–Crippen MR) is 82.9 cm³/mol. The van der Waals surface area contributed by atoms with Gasteiger partial charge in [0.25, 0.3) is 0 Å². The van der Waals surface area contributed by atoms with Crippen molar-refractivity contribution in [3.63, 3.8) is 0 Å². The molecule has 1 aromatic rings. The van der Waals surface area contributed by atoms with Crippen LogP contribution in [-0.2, 0) is 4.79 Å². The number of allylic oxidation sites excluding steroid dienone is 2. The summed E-state index contributed by atoms with van der Waals surface area (Å²) in [5, 5.41) is 1.37. The summed E-state index contributed by atoms with van der Waals surface area (Å²) in [5.74, 6) is 0.00744. The Hall–Kier alpha value is -0.573. The van der Waals surface area contributed by atoms with Gasteiger partial charge < -0.3 is 0 Å². The summed E-state index contributed by atoms with van der Waals surface area (Å²) in [6, 6.07) is 10.5. The number of hydrogen-bond donors (Lipinski definition) is 0. The van der Waals surface area contributed by atoms with E-state index in [1.54, 1.807) is 0 Å². The van der Waals surface area contributed by atoms with Gasteiger partial charge in [-0.3, -0.25) is 4.79 Å². The third-order valence-corrected chi connectivity index (χ3v) is 9.62. The smallest absolute Gasteiger partial charge is 0.183 e. The maximum absolute atomic E-state index is 12.2. The number of Topliss-reactive ketones (excluding diaryl/α,β-unsaturated/α-hetero) is 1. The van der Waals surface area contributed by atoms with Gasteiger partial charge in [0, 0.05) is 11.8 Å². The molecule has 0 bridgehead atoms. The Balaban J connectivity index is 1.93. The summed E-state index contributed by atoms with van der Waals surface area (Å²) < 4.78 is -1.18. The summed E-state index contributed by atoms with van der Waals surface area (Å²) in [5.41, 5.74) is 0.304. The minimum Gasteiger partial charge on any atom is -0.296 e. The van der Waals surface area contributed by atoms with Crippen LogP contribution in [0.2, 0.25) is 18.6 Å². The molecule has 0 aliphatic heterocycles. The monoisotopic (exact) mass is 310 g/mol. The lowest BCUT2D eigenvalue weighted by Crippen LogP contribution is -2.59. The minimum absolute atomic E-state index is 0.00290. The zero-order valence-corrected chi connectivity index (χ0v) is 13.4. The van der Waals surface area contributed by atoms with E-state index in [9.17, 15) is 4.79 Å². The second-order valence-corrected chi connectivity index (χ2v) is 12.1. The van der Waals surface area contributed by atoms with E-state index < -0.39 is 12.4 Å². The van der Waals surface area contributed by atoms with Gasteiger partial charge in [0.2, 0.25) is 0 Å². The van der Waals surface area contributed by atoms with E-state index in [4.69, 9.17) is 23.2 Å². The number of halogens is 2. The third-order valence-electron chi connectivity index (χ3n) is 4.70. The molecule has 2 aliphatic carbocycles. The molecule has 0 saturated heterocycles. The van der Waals surface area contributed by atoms with E-state index in [-0.39, 0.29) is 17.6 Å². The Morgan fingerprint density at radius 1 is 1.11 bits per heavy atom. The number of benzene rings is 1. The first-order valence-electron chi connectivity index (χ1n) is 6.53. The lowest BCUT2D eigenvalue weighted by molar-refractivity contribution is -0.132. The molecule has 3 rings (SSSR count). The average molecular weight is 311 g/mol. The average Bonchev–Trinajstić information content (AvgIpc) is 2.83. The van der Waals surface area contributed by atoms with Crippen LogP contribution >= 0.6 is 23.2 Å². The van der Waals surface area contributed by atoms with Crippen LogP contribution < -0.4 is 5.19 Å². The highest BCUT2D eigenvalue weighted by Gasteiger charge is 2.65.